The van der Waals surface area contributed by atoms with E-state index in [1.54, 1.807) is 6.92 Å². The fraction of sp³-hybridized carbons (Fsp3) is 0.333. The van der Waals surface area contributed by atoms with Crippen LogP contribution < -0.4 is 5.32 Å². The number of carbonyl (C=O) groups is 2. The van der Waals surface area contributed by atoms with Crippen molar-refractivity contribution in [1.29, 1.82) is 0 Å². The van der Waals surface area contributed by atoms with E-state index in [1.807, 2.05) is 0 Å². The van der Waals surface area contributed by atoms with Crippen molar-refractivity contribution in [2.75, 3.05) is 13.2 Å². The van der Waals surface area contributed by atoms with Crippen LogP contribution in [0.25, 0.3) is 0 Å². The summed E-state index contributed by atoms with van der Waals surface area (Å²) >= 11 is 3.00. The molecule has 0 saturated carbocycles. The van der Waals surface area contributed by atoms with E-state index in [0.717, 1.165) is 0 Å². The summed E-state index contributed by atoms with van der Waals surface area (Å²) in [6.45, 7) is 2.17. The lowest BCUT2D eigenvalue weighted by atomic mass is 10.2. The Morgan fingerprint density at radius 1 is 1.44 bits per heavy atom. The first-order valence-corrected chi connectivity index (χ1v) is 6.23. The first kappa shape index (κ1) is 14.6. The molecule has 0 radical (unpaired) electrons. The molecular formula is C12H13BrFNO3. The van der Waals surface area contributed by atoms with Crippen LogP contribution in [0.2, 0.25) is 0 Å². The van der Waals surface area contributed by atoms with Crippen LogP contribution in [0.15, 0.2) is 22.7 Å². The Morgan fingerprint density at radius 3 is 2.83 bits per heavy atom. The molecule has 18 heavy (non-hydrogen) atoms. The predicted molar refractivity (Wildman–Crippen MR) is 67.7 cm³/mol. The molecule has 0 bridgehead atoms. The van der Waals surface area contributed by atoms with Gasteiger partial charge in [-0.25, -0.2) is 4.39 Å². The standard InChI is InChI=1S/C12H13BrFNO3/c1-2-18-10(16)6-7-15-12(17)8-4-3-5-9(14)11(8)13/h3-5H,2,6-7H2,1H3,(H,15,17). The molecular weight excluding hydrogens is 305 g/mol. The summed E-state index contributed by atoms with van der Waals surface area (Å²) in [5.41, 5.74) is 0.193. The monoisotopic (exact) mass is 317 g/mol. The molecule has 0 spiro atoms. The SMILES string of the molecule is CCOC(=O)CCNC(=O)c1cccc(F)c1Br. The van der Waals surface area contributed by atoms with Gasteiger partial charge in [-0.3, -0.25) is 9.59 Å². The summed E-state index contributed by atoms with van der Waals surface area (Å²) in [5.74, 6) is -1.32. The van der Waals surface area contributed by atoms with Crippen molar-refractivity contribution in [3.8, 4) is 0 Å². The number of nitrogens with one attached hydrogen (secondary N) is 1. The van der Waals surface area contributed by atoms with Crippen molar-refractivity contribution in [3.63, 3.8) is 0 Å². The predicted octanol–water partition coefficient (Wildman–Crippen LogP) is 2.27. The highest BCUT2D eigenvalue weighted by Crippen LogP contribution is 2.20. The van der Waals surface area contributed by atoms with Crippen molar-refractivity contribution < 1.29 is 18.7 Å². The normalized spacial score (nSPS) is 9.94. The number of benzene rings is 1. The fourth-order valence-corrected chi connectivity index (χ4v) is 1.73. The molecule has 0 aliphatic carbocycles. The molecule has 0 unspecified atom stereocenters. The fourth-order valence-electron chi connectivity index (χ4n) is 1.29. The van der Waals surface area contributed by atoms with Crippen molar-refractivity contribution in [3.05, 3.63) is 34.1 Å². The van der Waals surface area contributed by atoms with Crippen LogP contribution in [0.1, 0.15) is 23.7 Å². The summed E-state index contributed by atoms with van der Waals surface area (Å²) in [7, 11) is 0. The van der Waals surface area contributed by atoms with Gasteiger partial charge in [-0.05, 0) is 35.0 Å². The Morgan fingerprint density at radius 2 is 2.17 bits per heavy atom. The van der Waals surface area contributed by atoms with Crippen LogP contribution in [0.3, 0.4) is 0 Å². The average molecular weight is 318 g/mol. The van der Waals surface area contributed by atoms with Gasteiger partial charge in [0.1, 0.15) is 5.82 Å². The van der Waals surface area contributed by atoms with Crippen molar-refractivity contribution in [2.45, 2.75) is 13.3 Å². The highest BCUT2D eigenvalue weighted by molar-refractivity contribution is 9.10. The van der Waals surface area contributed by atoms with E-state index in [9.17, 15) is 14.0 Å². The zero-order valence-corrected chi connectivity index (χ0v) is 11.4. The number of rotatable bonds is 5. The largest absolute Gasteiger partial charge is 0.466 e. The van der Waals surface area contributed by atoms with Gasteiger partial charge in [0.2, 0.25) is 0 Å². The maximum atomic E-state index is 13.2. The van der Waals surface area contributed by atoms with Gasteiger partial charge in [-0.2, -0.15) is 0 Å². The minimum atomic E-state index is -0.506. The second-order valence-corrected chi connectivity index (χ2v) is 4.21. The van der Waals surface area contributed by atoms with Gasteiger partial charge in [-0.15, -0.1) is 0 Å². The summed E-state index contributed by atoms with van der Waals surface area (Å²) in [5, 5.41) is 2.52. The summed E-state index contributed by atoms with van der Waals surface area (Å²) in [4.78, 5) is 22.7. The Balaban J connectivity index is 2.51. The Labute approximate surface area is 113 Å². The molecule has 4 nitrogen and oxygen atoms in total. The lowest BCUT2D eigenvalue weighted by molar-refractivity contribution is -0.142. The van der Waals surface area contributed by atoms with Gasteiger partial charge < -0.3 is 10.1 Å². The highest BCUT2D eigenvalue weighted by atomic mass is 79.9. The van der Waals surface area contributed by atoms with E-state index in [0.29, 0.717) is 6.61 Å². The molecule has 1 rings (SSSR count). The van der Waals surface area contributed by atoms with Crippen molar-refractivity contribution >= 4 is 27.8 Å². The Bertz CT molecular complexity index is 451. The van der Waals surface area contributed by atoms with Gasteiger partial charge in [0.05, 0.1) is 23.1 Å². The van der Waals surface area contributed by atoms with Crippen molar-refractivity contribution in [2.24, 2.45) is 0 Å². The van der Waals surface area contributed by atoms with Gasteiger partial charge in [0.15, 0.2) is 0 Å². The first-order chi connectivity index (χ1) is 8.56. The summed E-state index contributed by atoms with van der Waals surface area (Å²) in [6, 6.07) is 4.19. The molecule has 6 heteroatoms. The van der Waals surface area contributed by atoms with Crippen LogP contribution in [-0.2, 0) is 9.53 Å². The molecule has 0 aromatic heterocycles. The molecule has 1 aromatic rings. The quantitative estimate of drug-likeness (QED) is 0.848. The minimum absolute atomic E-state index is 0.0898. The number of amides is 1. The van der Waals surface area contributed by atoms with E-state index in [2.05, 4.69) is 21.2 Å². The topological polar surface area (TPSA) is 55.4 Å². The second-order valence-electron chi connectivity index (χ2n) is 3.41. The van der Waals surface area contributed by atoms with Gasteiger partial charge in [0, 0.05) is 6.54 Å². The summed E-state index contributed by atoms with van der Waals surface area (Å²) < 4.78 is 18.0. The van der Waals surface area contributed by atoms with E-state index in [4.69, 9.17) is 4.74 Å². The number of esters is 1. The zero-order valence-electron chi connectivity index (χ0n) is 9.83. The maximum Gasteiger partial charge on any atom is 0.307 e. The number of hydrogen-bond acceptors (Lipinski definition) is 3. The molecule has 0 saturated heterocycles. The van der Waals surface area contributed by atoms with Crippen LogP contribution in [-0.4, -0.2) is 25.0 Å². The first-order valence-electron chi connectivity index (χ1n) is 5.44. The second kappa shape index (κ2) is 7.10. The molecule has 1 amide bonds. The average Bonchev–Trinajstić information content (AvgIpc) is 2.33. The number of halogens is 2. The molecule has 1 aromatic carbocycles. The molecule has 0 fully saturated rings. The maximum absolute atomic E-state index is 13.2. The van der Waals surface area contributed by atoms with E-state index in [-0.39, 0.29) is 29.0 Å². The van der Waals surface area contributed by atoms with Crippen molar-refractivity contribution in [1.82, 2.24) is 5.32 Å². The minimum Gasteiger partial charge on any atom is -0.466 e. The lowest BCUT2D eigenvalue weighted by Gasteiger charge is -2.07. The van der Waals surface area contributed by atoms with Gasteiger partial charge in [-0.1, -0.05) is 6.07 Å². The lowest BCUT2D eigenvalue weighted by Crippen LogP contribution is -2.27. The van der Waals surface area contributed by atoms with Crippen LogP contribution >= 0.6 is 15.9 Å². The van der Waals surface area contributed by atoms with E-state index < -0.39 is 11.7 Å². The third kappa shape index (κ3) is 4.10. The third-order valence-corrected chi connectivity index (χ3v) is 2.92. The van der Waals surface area contributed by atoms with Crippen LogP contribution in [0.5, 0.6) is 0 Å². The number of carbonyl (C=O) groups excluding carboxylic acids is 2. The Kier molecular flexibility index (Phi) is 5.77. The highest BCUT2D eigenvalue weighted by Gasteiger charge is 2.13. The van der Waals surface area contributed by atoms with E-state index in [1.165, 1.54) is 18.2 Å². The van der Waals surface area contributed by atoms with E-state index >= 15 is 0 Å². The smallest absolute Gasteiger partial charge is 0.307 e. The molecule has 0 aliphatic heterocycles. The third-order valence-electron chi connectivity index (χ3n) is 2.12. The number of hydrogen-bond donors (Lipinski definition) is 1. The molecule has 98 valence electrons. The Hall–Kier alpha value is -1.43. The zero-order chi connectivity index (χ0) is 13.5. The van der Waals surface area contributed by atoms with Gasteiger partial charge in [0.25, 0.3) is 5.91 Å². The van der Waals surface area contributed by atoms with Crippen LogP contribution in [0.4, 0.5) is 4.39 Å². The van der Waals surface area contributed by atoms with Gasteiger partial charge >= 0.3 is 5.97 Å². The molecule has 0 atom stereocenters. The molecule has 0 aliphatic rings. The number of ether oxygens (including phenoxy) is 1. The molecule has 0 heterocycles. The van der Waals surface area contributed by atoms with Crippen LogP contribution in [0, 0.1) is 5.82 Å². The summed E-state index contributed by atoms with van der Waals surface area (Å²) in [6.07, 6.45) is 0.0898. The molecule has 1 N–H and O–H groups in total.